The molecule has 98 valence electrons. The number of carbonyl (C=O) groups excluding carboxylic acids is 1. The van der Waals surface area contributed by atoms with Gasteiger partial charge < -0.3 is 19.9 Å². The van der Waals surface area contributed by atoms with Crippen LogP contribution in [0.25, 0.3) is 0 Å². The van der Waals surface area contributed by atoms with E-state index in [4.69, 9.17) is 19.9 Å². The first kappa shape index (κ1) is 12.7. The minimum Gasteiger partial charge on any atom is -0.488 e. The second kappa shape index (κ2) is 5.73. The summed E-state index contributed by atoms with van der Waals surface area (Å²) in [6.07, 6.45) is 0.905. The molecule has 1 saturated heterocycles. The molecule has 2 N–H and O–H groups in total. The summed E-state index contributed by atoms with van der Waals surface area (Å²) in [5, 5.41) is 0. The predicted octanol–water partition coefficient (Wildman–Crippen LogP) is 1.61. The van der Waals surface area contributed by atoms with E-state index in [0.29, 0.717) is 36.8 Å². The maximum absolute atomic E-state index is 11.7. The monoisotopic (exact) mass is 251 g/mol. The number of carbonyl (C=O) groups is 1. The molecule has 0 aliphatic carbocycles. The molecular weight excluding hydrogens is 234 g/mol. The Balaban J connectivity index is 2.12. The molecule has 0 radical (unpaired) electrons. The lowest BCUT2D eigenvalue weighted by Gasteiger charge is -2.13. The molecule has 0 bridgehead atoms. The molecule has 0 amide bonds. The predicted molar refractivity (Wildman–Crippen MR) is 66.7 cm³/mol. The molecule has 1 aliphatic rings. The van der Waals surface area contributed by atoms with Crippen LogP contribution in [0.15, 0.2) is 18.2 Å². The summed E-state index contributed by atoms with van der Waals surface area (Å²) in [7, 11) is 0. The van der Waals surface area contributed by atoms with Crippen molar-refractivity contribution in [2.75, 3.05) is 25.6 Å². The van der Waals surface area contributed by atoms with Crippen LogP contribution < -0.4 is 10.5 Å². The van der Waals surface area contributed by atoms with Gasteiger partial charge in [0.15, 0.2) is 0 Å². The van der Waals surface area contributed by atoms with Crippen molar-refractivity contribution in [2.45, 2.75) is 19.4 Å². The SMILES string of the molecule is CCOC(=O)c1cc(OC2CCOC2)ccc1N. The third-order valence-electron chi connectivity index (χ3n) is 2.71. The third kappa shape index (κ3) is 2.92. The molecule has 1 heterocycles. The quantitative estimate of drug-likeness (QED) is 0.650. The highest BCUT2D eigenvalue weighted by atomic mass is 16.5. The zero-order valence-electron chi connectivity index (χ0n) is 10.3. The van der Waals surface area contributed by atoms with Crippen LogP contribution >= 0.6 is 0 Å². The summed E-state index contributed by atoms with van der Waals surface area (Å²) < 4.78 is 15.9. The summed E-state index contributed by atoms with van der Waals surface area (Å²) in [6.45, 7) is 3.37. The zero-order chi connectivity index (χ0) is 13.0. The number of hydrogen-bond donors (Lipinski definition) is 1. The lowest BCUT2D eigenvalue weighted by molar-refractivity contribution is 0.0526. The fraction of sp³-hybridized carbons (Fsp3) is 0.462. The van der Waals surface area contributed by atoms with Crippen LogP contribution in [0, 0.1) is 0 Å². The maximum atomic E-state index is 11.7. The van der Waals surface area contributed by atoms with Gasteiger partial charge in [0.2, 0.25) is 0 Å². The second-order valence-electron chi connectivity index (χ2n) is 4.07. The summed E-state index contributed by atoms with van der Waals surface area (Å²) in [4.78, 5) is 11.7. The van der Waals surface area contributed by atoms with Gasteiger partial charge in [-0.05, 0) is 25.1 Å². The highest BCUT2D eigenvalue weighted by molar-refractivity contribution is 5.95. The maximum Gasteiger partial charge on any atom is 0.340 e. The van der Waals surface area contributed by atoms with Crippen molar-refractivity contribution >= 4 is 11.7 Å². The van der Waals surface area contributed by atoms with E-state index in [-0.39, 0.29) is 6.10 Å². The highest BCUT2D eigenvalue weighted by Gasteiger charge is 2.18. The molecule has 5 nitrogen and oxygen atoms in total. The van der Waals surface area contributed by atoms with Crippen LogP contribution in [0.4, 0.5) is 5.69 Å². The Bertz CT molecular complexity index is 427. The van der Waals surface area contributed by atoms with Crippen LogP contribution in [-0.4, -0.2) is 31.9 Å². The average molecular weight is 251 g/mol. The lowest BCUT2D eigenvalue weighted by Crippen LogP contribution is -2.16. The molecule has 2 rings (SSSR count). The molecule has 18 heavy (non-hydrogen) atoms. The molecule has 1 aliphatic heterocycles. The summed E-state index contributed by atoms with van der Waals surface area (Å²) in [5.41, 5.74) is 6.48. The summed E-state index contributed by atoms with van der Waals surface area (Å²) >= 11 is 0. The van der Waals surface area contributed by atoms with Crippen LogP contribution in [0.5, 0.6) is 5.75 Å². The first-order chi connectivity index (χ1) is 8.70. The topological polar surface area (TPSA) is 70.8 Å². The number of esters is 1. The third-order valence-corrected chi connectivity index (χ3v) is 2.71. The number of nitrogen functional groups attached to an aromatic ring is 1. The number of ether oxygens (including phenoxy) is 3. The van der Waals surface area contributed by atoms with E-state index in [1.54, 1.807) is 25.1 Å². The molecule has 0 aromatic heterocycles. The Labute approximate surface area is 106 Å². The molecule has 1 aromatic rings. The van der Waals surface area contributed by atoms with E-state index < -0.39 is 5.97 Å². The van der Waals surface area contributed by atoms with Crippen LogP contribution in [-0.2, 0) is 9.47 Å². The summed E-state index contributed by atoms with van der Waals surface area (Å²) in [5.74, 6) is 0.186. The Morgan fingerprint density at radius 1 is 1.56 bits per heavy atom. The number of hydrogen-bond acceptors (Lipinski definition) is 5. The molecule has 1 aromatic carbocycles. The fourth-order valence-electron chi connectivity index (χ4n) is 1.79. The largest absolute Gasteiger partial charge is 0.488 e. The molecule has 1 atom stereocenters. The number of anilines is 1. The van der Waals surface area contributed by atoms with Crippen molar-refractivity contribution in [1.29, 1.82) is 0 Å². The van der Waals surface area contributed by atoms with E-state index in [1.807, 2.05) is 0 Å². The molecule has 5 heteroatoms. The highest BCUT2D eigenvalue weighted by Crippen LogP contribution is 2.23. The molecule has 1 unspecified atom stereocenters. The van der Waals surface area contributed by atoms with Crippen molar-refractivity contribution in [3.8, 4) is 5.75 Å². The van der Waals surface area contributed by atoms with Crippen molar-refractivity contribution in [1.82, 2.24) is 0 Å². The van der Waals surface area contributed by atoms with Crippen molar-refractivity contribution in [3.63, 3.8) is 0 Å². The van der Waals surface area contributed by atoms with E-state index >= 15 is 0 Å². The Morgan fingerprint density at radius 2 is 2.39 bits per heavy atom. The van der Waals surface area contributed by atoms with E-state index in [1.165, 1.54) is 0 Å². The van der Waals surface area contributed by atoms with Gasteiger partial charge in [-0.2, -0.15) is 0 Å². The Morgan fingerprint density at radius 3 is 3.06 bits per heavy atom. The standard InChI is InChI=1S/C13H17NO4/c1-2-17-13(15)11-7-9(3-4-12(11)14)18-10-5-6-16-8-10/h3-4,7,10H,2,5-6,8,14H2,1H3. The van der Waals surface area contributed by atoms with Crippen molar-refractivity contribution in [3.05, 3.63) is 23.8 Å². The van der Waals surface area contributed by atoms with Gasteiger partial charge in [-0.15, -0.1) is 0 Å². The smallest absolute Gasteiger partial charge is 0.340 e. The fourth-order valence-corrected chi connectivity index (χ4v) is 1.79. The van der Waals surface area contributed by atoms with Crippen LogP contribution in [0.2, 0.25) is 0 Å². The van der Waals surface area contributed by atoms with E-state index in [0.717, 1.165) is 6.42 Å². The van der Waals surface area contributed by atoms with E-state index in [9.17, 15) is 4.79 Å². The van der Waals surface area contributed by atoms with E-state index in [2.05, 4.69) is 0 Å². The average Bonchev–Trinajstić information content (AvgIpc) is 2.84. The van der Waals surface area contributed by atoms with Gasteiger partial charge in [0, 0.05) is 12.1 Å². The number of nitrogens with two attached hydrogens (primary N) is 1. The first-order valence-corrected chi connectivity index (χ1v) is 6.01. The lowest BCUT2D eigenvalue weighted by atomic mass is 10.1. The van der Waals surface area contributed by atoms with Gasteiger partial charge in [-0.25, -0.2) is 4.79 Å². The van der Waals surface area contributed by atoms with Gasteiger partial charge in [0.25, 0.3) is 0 Å². The Kier molecular flexibility index (Phi) is 4.04. The van der Waals surface area contributed by atoms with Gasteiger partial charge >= 0.3 is 5.97 Å². The zero-order valence-corrected chi connectivity index (χ0v) is 10.3. The minimum absolute atomic E-state index is 0.0451. The Hall–Kier alpha value is -1.75. The molecule has 0 saturated carbocycles. The number of rotatable bonds is 4. The van der Waals surface area contributed by atoms with Crippen molar-refractivity contribution < 1.29 is 19.0 Å². The number of benzene rings is 1. The van der Waals surface area contributed by atoms with Crippen molar-refractivity contribution in [2.24, 2.45) is 0 Å². The minimum atomic E-state index is -0.428. The first-order valence-electron chi connectivity index (χ1n) is 6.01. The summed E-state index contributed by atoms with van der Waals surface area (Å²) in [6, 6.07) is 5.01. The molecule has 0 spiro atoms. The van der Waals surface area contributed by atoms with Gasteiger partial charge in [-0.1, -0.05) is 0 Å². The van der Waals surface area contributed by atoms with Gasteiger partial charge in [0.1, 0.15) is 11.9 Å². The second-order valence-corrected chi connectivity index (χ2v) is 4.07. The van der Waals surface area contributed by atoms with Crippen LogP contribution in [0.3, 0.4) is 0 Å². The molecule has 1 fully saturated rings. The normalized spacial score (nSPS) is 18.6. The van der Waals surface area contributed by atoms with Gasteiger partial charge in [0.05, 0.1) is 25.4 Å². The molecular formula is C13H17NO4. The van der Waals surface area contributed by atoms with Gasteiger partial charge in [-0.3, -0.25) is 0 Å². The van der Waals surface area contributed by atoms with Crippen LogP contribution in [0.1, 0.15) is 23.7 Å².